The number of methoxy groups -OCH3 is 1. The standard InChI is InChI=1S/C23H30ClN5O3S/c1-15-13-28(10-11-29(15)21(31)16-6-8-17(32-5)9-7-16)19-12-18(24)25-22(26-19)33-14-20(30)27-23(2,3)4/h6-9,12,15H,10-11,13-14H2,1-5H3,(H,27,30). The van der Waals surface area contributed by atoms with E-state index in [-0.39, 0.29) is 29.1 Å². The van der Waals surface area contributed by atoms with Gasteiger partial charge in [0.1, 0.15) is 16.7 Å². The normalized spacial score (nSPS) is 16.5. The number of hydrogen-bond acceptors (Lipinski definition) is 7. The summed E-state index contributed by atoms with van der Waals surface area (Å²) in [5.74, 6) is 1.52. The number of benzene rings is 1. The molecule has 0 bridgehead atoms. The average Bonchev–Trinajstić information content (AvgIpc) is 2.76. The van der Waals surface area contributed by atoms with Crippen LogP contribution in [0, 0.1) is 0 Å². The van der Waals surface area contributed by atoms with Crippen LogP contribution in [0.5, 0.6) is 5.75 Å². The maximum absolute atomic E-state index is 13.0. The van der Waals surface area contributed by atoms with Gasteiger partial charge in [-0.3, -0.25) is 9.59 Å². The third-order valence-corrected chi connectivity index (χ3v) is 6.10. The van der Waals surface area contributed by atoms with Gasteiger partial charge in [0.05, 0.1) is 12.9 Å². The number of thioether (sulfide) groups is 1. The number of nitrogens with zero attached hydrogens (tertiary/aromatic N) is 4. The number of aromatic nitrogens is 2. The van der Waals surface area contributed by atoms with E-state index < -0.39 is 0 Å². The van der Waals surface area contributed by atoms with E-state index in [1.165, 1.54) is 11.8 Å². The van der Waals surface area contributed by atoms with Crippen LogP contribution in [0.4, 0.5) is 5.82 Å². The molecule has 1 aliphatic heterocycles. The highest BCUT2D eigenvalue weighted by Gasteiger charge is 2.29. The van der Waals surface area contributed by atoms with E-state index in [0.29, 0.717) is 41.3 Å². The Morgan fingerprint density at radius 3 is 2.52 bits per heavy atom. The molecule has 0 spiro atoms. The molecule has 1 saturated heterocycles. The lowest BCUT2D eigenvalue weighted by Gasteiger charge is -2.40. The molecule has 8 nitrogen and oxygen atoms in total. The molecule has 178 valence electrons. The Bertz CT molecular complexity index is 997. The van der Waals surface area contributed by atoms with E-state index in [4.69, 9.17) is 16.3 Å². The van der Waals surface area contributed by atoms with E-state index in [9.17, 15) is 9.59 Å². The van der Waals surface area contributed by atoms with E-state index >= 15 is 0 Å². The lowest BCUT2D eigenvalue weighted by atomic mass is 10.1. The lowest BCUT2D eigenvalue weighted by Crippen LogP contribution is -2.54. The quantitative estimate of drug-likeness (QED) is 0.376. The fourth-order valence-electron chi connectivity index (χ4n) is 3.56. The van der Waals surface area contributed by atoms with E-state index in [0.717, 1.165) is 5.75 Å². The number of nitrogens with one attached hydrogen (secondary N) is 1. The second-order valence-corrected chi connectivity index (χ2v) is 10.3. The molecule has 10 heteroatoms. The molecule has 33 heavy (non-hydrogen) atoms. The Hall–Kier alpha value is -2.52. The number of ether oxygens (including phenoxy) is 1. The van der Waals surface area contributed by atoms with Crippen molar-refractivity contribution in [3.05, 3.63) is 41.0 Å². The summed E-state index contributed by atoms with van der Waals surface area (Å²) in [6.45, 7) is 9.61. The fourth-order valence-corrected chi connectivity index (χ4v) is 4.44. The highest BCUT2D eigenvalue weighted by Crippen LogP contribution is 2.25. The predicted octanol–water partition coefficient (Wildman–Crippen LogP) is 3.50. The molecule has 0 radical (unpaired) electrons. The molecule has 1 atom stereocenters. The molecule has 3 rings (SSSR count). The first-order chi connectivity index (χ1) is 15.6. The van der Waals surface area contributed by atoms with Crippen molar-refractivity contribution >= 4 is 41.0 Å². The molecule has 2 amide bonds. The fraction of sp³-hybridized carbons (Fsp3) is 0.478. The first kappa shape index (κ1) is 25.1. The van der Waals surface area contributed by atoms with Gasteiger partial charge in [0.25, 0.3) is 5.91 Å². The second kappa shape index (κ2) is 10.6. The summed E-state index contributed by atoms with van der Waals surface area (Å²) >= 11 is 7.49. The molecule has 0 aliphatic carbocycles. The van der Waals surface area contributed by atoms with Crippen LogP contribution in [0.1, 0.15) is 38.1 Å². The van der Waals surface area contributed by atoms with Crippen molar-refractivity contribution in [2.45, 2.75) is 44.4 Å². The van der Waals surface area contributed by atoms with Crippen LogP contribution in [-0.4, -0.2) is 70.8 Å². The van der Waals surface area contributed by atoms with E-state index in [1.54, 1.807) is 37.4 Å². The average molecular weight is 492 g/mol. The first-order valence-electron chi connectivity index (χ1n) is 10.7. The second-order valence-electron chi connectivity index (χ2n) is 8.94. The van der Waals surface area contributed by atoms with Gasteiger partial charge in [-0.15, -0.1) is 0 Å². The predicted molar refractivity (Wildman–Crippen MR) is 131 cm³/mol. The molecule has 0 saturated carbocycles. The summed E-state index contributed by atoms with van der Waals surface area (Å²) in [6.07, 6.45) is 0. The number of amides is 2. The number of carbonyl (C=O) groups excluding carboxylic acids is 2. The van der Waals surface area contributed by atoms with Crippen molar-refractivity contribution in [2.75, 3.05) is 37.4 Å². The Balaban J connectivity index is 1.64. The molecule has 1 unspecified atom stereocenters. The molecular formula is C23H30ClN5O3S. The van der Waals surface area contributed by atoms with Crippen LogP contribution >= 0.6 is 23.4 Å². The first-order valence-corrected chi connectivity index (χ1v) is 12.1. The topological polar surface area (TPSA) is 87.7 Å². The Morgan fingerprint density at radius 2 is 1.91 bits per heavy atom. The molecule has 1 fully saturated rings. The Kier molecular flexibility index (Phi) is 8.07. The molecular weight excluding hydrogens is 462 g/mol. The Labute approximate surface area is 204 Å². The lowest BCUT2D eigenvalue weighted by molar-refractivity contribution is -0.119. The molecule has 1 N–H and O–H groups in total. The minimum Gasteiger partial charge on any atom is -0.497 e. The summed E-state index contributed by atoms with van der Waals surface area (Å²) in [7, 11) is 1.60. The SMILES string of the molecule is COc1ccc(C(=O)N2CCN(c3cc(Cl)nc(SCC(=O)NC(C)(C)C)n3)CC2C)cc1. The van der Waals surface area contributed by atoms with Crippen molar-refractivity contribution in [1.82, 2.24) is 20.2 Å². The van der Waals surface area contributed by atoms with Crippen LogP contribution in [0.15, 0.2) is 35.5 Å². The zero-order chi connectivity index (χ0) is 24.2. The van der Waals surface area contributed by atoms with Gasteiger partial charge in [-0.05, 0) is 52.0 Å². The number of anilines is 1. The zero-order valence-corrected chi connectivity index (χ0v) is 21.2. The van der Waals surface area contributed by atoms with Crippen LogP contribution in [0.2, 0.25) is 5.15 Å². The van der Waals surface area contributed by atoms with Gasteiger partial charge < -0.3 is 19.9 Å². The summed E-state index contributed by atoms with van der Waals surface area (Å²) in [6, 6.07) is 8.84. The largest absolute Gasteiger partial charge is 0.497 e. The number of carbonyl (C=O) groups is 2. The van der Waals surface area contributed by atoms with Crippen molar-refractivity contribution in [2.24, 2.45) is 0 Å². The third-order valence-electron chi connectivity index (χ3n) is 5.06. The number of rotatable bonds is 6. The van der Waals surface area contributed by atoms with Gasteiger partial charge in [-0.2, -0.15) is 0 Å². The third kappa shape index (κ3) is 6.98. The van der Waals surface area contributed by atoms with Crippen molar-refractivity contribution < 1.29 is 14.3 Å². The number of piperazine rings is 1. The Morgan fingerprint density at radius 1 is 1.21 bits per heavy atom. The molecule has 2 aromatic rings. The van der Waals surface area contributed by atoms with E-state index in [2.05, 4.69) is 20.2 Å². The number of hydrogen-bond donors (Lipinski definition) is 1. The van der Waals surface area contributed by atoms with Crippen molar-refractivity contribution in [1.29, 1.82) is 0 Å². The zero-order valence-electron chi connectivity index (χ0n) is 19.6. The molecule has 2 heterocycles. The number of halogens is 1. The maximum Gasteiger partial charge on any atom is 0.254 e. The minimum absolute atomic E-state index is 0.00775. The van der Waals surface area contributed by atoms with Crippen molar-refractivity contribution in [3.63, 3.8) is 0 Å². The van der Waals surface area contributed by atoms with Crippen LogP contribution in [-0.2, 0) is 4.79 Å². The van der Waals surface area contributed by atoms with Gasteiger partial charge in [0, 0.05) is 42.8 Å². The van der Waals surface area contributed by atoms with Gasteiger partial charge >= 0.3 is 0 Å². The van der Waals surface area contributed by atoms with Crippen LogP contribution in [0.25, 0.3) is 0 Å². The smallest absolute Gasteiger partial charge is 0.254 e. The van der Waals surface area contributed by atoms with Gasteiger partial charge in [-0.1, -0.05) is 23.4 Å². The summed E-state index contributed by atoms with van der Waals surface area (Å²) in [4.78, 5) is 37.9. The van der Waals surface area contributed by atoms with Crippen LogP contribution in [0.3, 0.4) is 0 Å². The van der Waals surface area contributed by atoms with Crippen molar-refractivity contribution in [3.8, 4) is 5.75 Å². The highest BCUT2D eigenvalue weighted by molar-refractivity contribution is 7.99. The van der Waals surface area contributed by atoms with Gasteiger partial charge in [0.15, 0.2) is 5.16 Å². The maximum atomic E-state index is 13.0. The minimum atomic E-state index is -0.295. The monoisotopic (exact) mass is 491 g/mol. The van der Waals surface area contributed by atoms with Gasteiger partial charge in [0.2, 0.25) is 5.91 Å². The molecule has 1 aliphatic rings. The van der Waals surface area contributed by atoms with Crippen LogP contribution < -0.4 is 15.0 Å². The summed E-state index contributed by atoms with van der Waals surface area (Å²) in [5, 5.41) is 3.69. The van der Waals surface area contributed by atoms with E-state index in [1.807, 2.05) is 32.6 Å². The summed E-state index contributed by atoms with van der Waals surface area (Å²) in [5.41, 5.74) is 0.338. The van der Waals surface area contributed by atoms with Gasteiger partial charge in [-0.25, -0.2) is 9.97 Å². The molecule has 1 aromatic carbocycles. The highest BCUT2D eigenvalue weighted by atomic mass is 35.5. The molecule has 1 aromatic heterocycles. The summed E-state index contributed by atoms with van der Waals surface area (Å²) < 4.78 is 5.17.